The number of aliphatic hydroxyl groups is 1. The van der Waals surface area contributed by atoms with Gasteiger partial charge in [-0.1, -0.05) is 27.2 Å². The summed E-state index contributed by atoms with van der Waals surface area (Å²) in [6.45, 7) is 13.1. The van der Waals surface area contributed by atoms with E-state index in [1.807, 2.05) is 6.92 Å². The van der Waals surface area contributed by atoms with E-state index in [9.17, 15) is 9.90 Å². The second kappa shape index (κ2) is 7.06. The molecule has 1 aliphatic heterocycles. The van der Waals surface area contributed by atoms with E-state index in [4.69, 9.17) is 9.16 Å². The smallest absolute Gasteiger partial charge is 0.228 e. The molecular weight excluding hydrogens is 322 g/mol. The van der Waals surface area contributed by atoms with Gasteiger partial charge in [0.1, 0.15) is 0 Å². The molecule has 6 heteroatoms. The number of β-lactam (4-membered cyclic amide) rings is 1. The van der Waals surface area contributed by atoms with Crippen molar-refractivity contribution in [1.29, 1.82) is 0 Å². The average molecular weight is 358 g/mol. The van der Waals surface area contributed by atoms with Gasteiger partial charge in [-0.15, -0.1) is 0 Å². The number of rotatable bonds is 5. The van der Waals surface area contributed by atoms with E-state index >= 15 is 0 Å². The Labute approximate surface area is 147 Å². The Morgan fingerprint density at radius 1 is 1.29 bits per heavy atom. The predicted molar refractivity (Wildman–Crippen MR) is 97.3 cm³/mol. The van der Waals surface area contributed by atoms with Crippen LogP contribution in [-0.2, 0) is 14.0 Å². The molecule has 2 aliphatic rings. The molecule has 0 aromatic heterocycles. The first kappa shape index (κ1) is 19.9. The molecule has 6 atom stereocenters. The van der Waals surface area contributed by atoms with Gasteiger partial charge in [-0.3, -0.25) is 4.79 Å². The number of nitrogens with one attached hydrogen (secondary N) is 1. The van der Waals surface area contributed by atoms with Gasteiger partial charge in [0.05, 0.1) is 24.2 Å². The van der Waals surface area contributed by atoms with Gasteiger partial charge < -0.3 is 19.6 Å². The maximum absolute atomic E-state index is 12.2. The standard InChI is InChI=1S/C18H35NO4Si/c1-11(23-24(6,7)18(2,3)4)14-15(19-17(14)21)12-9-8-10-13(22-5)16(12)20/h11-16,20H,8-10H2,1-7H3,(H,19,21)/t11-,12+,13+,14-,15?,16+/m1/s1. The van der Waals surface area contributed by atoms with Crippen LogP contribution in [0.3, 0.4) is 0 Å². The summed E-state index contributed by atoms with van der Waals surface area (Å²) >= 11 is 0. The largest absolute Gasteiger partial charge is 0.413 e. The number of carbonyl (C=O) groups excluding carboxylic acids is 1. The van der Waals surface area contributed by atoms with Crippen molar-refractivity contribution in [2.24, 2.45) is 11.8 Å². The van der Waals surface area contributed by atoms with Crippen LogP contribution in [0.15, 0.2) is 0 Å². The van der Waals surface area contributed by atoms with Crippen molar-refractivity contribution in [2.45, 2.75) is 89.4 Å². The summed E-state index contributed by atoms with van der Waals surface area (Å²) < 4.78 is 11.9. The van der Waals surface area contributed by atoms with Gasteiger partial charge >= 0.3 is 0 Å². The number of ether oxygens (including phenoxy) is 1. The van der Waals surface area contributed by atoms with E-state index in [2.05, 4.69) is 39.2 Å². The summed E-state index contributed by atoms with van der Waals surface area (Å²) in [5, 5.41) is 13.7. The zero-order valence-electron chi connectivity index (χ0n) is 16.3. The highest BCUT2D eigenvalue weighted by Gasteiger charge is 2.52. The minimum absolute atomic E-state index is 0.00906. The van der Waals surface area contributed by atoms with Crippen LogP contribution >= 0.6 is 0 Å². The van der Waals surface area contributed by atoms with Crippen LogP contribution in [0.1, 0.15) is 47.0 Å². The van der Waals surface area contributed by atoms with Crippen molar-refractivity contribution in [3.63, 3.8) is 0 Å². The van der Waals surface area contributed by atoms with Gasteiger partial charge in [0.25, 0.3) is 0 Å². The number of amides is 1. The van der Waals surface area contributed by atoms with Crippen molar-refractivity contribution < 1.29 is 19.1 Å². The third kappa shape index (κ3) is 3.71. The van der Waals surface area contributed by atoms with E-state index in [1.165, 1.54) is 0 Å². The van der Waals surface area contributed by atoms with Crippen molar-refractivity contribution in [2.75, 3.05) is 7.11 Å². The SMILES string of the molecule is CO[C@H]1CCC[C@@H](C2NC(=O)[C@@H]2[C@@H](C)O[Si](C)(C)C(C)(C)C)[C@@H]1O. The number of methoxy groups -OCH3 is 1. The lowest BCUT2D eigenvalue weighted by Crippen LogP contribution is -2.68. The molecule has 1 amide bonds. The second-order valence-electron chi connectivity index (χ2n) is 9.00. The van der Waals surface area contributed by atoms with Gasteiger partial charge in [-0.2, -0.15) is 0 Å². The Morgan fingerprint density at radius 3 is 2.42 bits per heavy atom. The minimum atomic E-state index is -1.93. The molecule has 2 N–H and O–H groups in total. The molecule has 1 saturated carbocycles. The zero-order valence-corrected chi connectivity index (χ0v) is 17.3. The maximum atomic E-state index is 12.2. The van der Waals surface area contributed by atoms with E-state index in [0.717, 1.165) is 19.3 Å². The fraction of sp³-hybridized carbons (Fsp3) is 0.944. The first-order valence-corrected chi connectivity index (χ1v) is 12.1. The van der Waals surface area contributed by atoms with E-state index in [-0.39, 0.29) is 41.0 Å². The third-order valence-corrected chi connectivity index (χ3v) is 11.0. The third-order valence-electron chi connectivity index (χ3n) is 6.40. The molecule has 1 heterocycles. The molecule has 0 aromatic carbocycles. The van der Waals surface area contributed by atoms with Crippen molar-refractivity contribution in [3.8, 4) is 0 Å². The highest BCUT2D eigenvalue weighted by Crippen LogP contribution is 2.41. The van der Waals surface area contributed by atoms with Crippen LogP contribution in [0.4, 0.5) is 0 Å². The van der Waals surface area contributed by atoms with Gasteiger partial charge in [0, 0.05) is 19.1 Å². The Hall–Kier alpha value is -0.433. The average Bonchev–Trinajstić information content (AvgIpc) is 2.43. The number of hydrogen-bond acceptors (Lipinski definition) is 4. The van der Waals surface area contributed by atoms with Crippen molar-refractivity contribution >= 4 is 14.2 Å². The van der Waals surface area contributed by atoms with Crippen LogP contribution in [0, 0.1) is 11.8 Å². The van der Waals surface area contributed by atoms with E-state index in [1.54, 1.807) is 7.11 Å². The molecule has 1 saturated heterocycles. The molecule has 0 spiro atoms. The fourth-order valence-corrected chi connectivity index (χ4v) is 5.26. The molecule has 24 heavy (non-hydrogen) atoms. The van der Waals surface area contributed by atoms with Crippen LogP contribution < -0.4 is 5.32 Å². The second-order valence-corrected chi connectivity index (χ2v) is 13.8. The zero-order chi connectivity index (χ0) is 18.3. The van der Waals surface area contributed by atoms with E-state index < -0.39 is 14.4 Å². The monoisotopic (exact) mass is 357 g/mol. The normalized spacial score (nSPS) is 36.0. The molecular formula is C18H35NO4Si. The molecule has 2 fully saturated rings. The van der Waals surface area contributed by atoms with Crippen LogP contribution in [0.2, 0.25) is 18.1 Å². The van der Waals surface area contributed by atoms with Crippen molar-refractivity contribution in [3.05, 3.63) is 0 Å². The highest BCUT2D eigenvalue weighted by molar-refractivity contribution is 6.74. The maximum Gasteiger partial charge on any atom is 0.228 e. The lowest BCUT2D eigenvalue weighted by Gasteiger charge is -2.50. The molecule has 5 nitrogen and oxygen atoms in total. The number of carbonyl (C=O) groups is 1. The molecule has 140 valence electrons. The summed E-state index contributed by atoms with van der Waals surface area (Å²) in [6.07, 6.45) is 2.07. The first-order valence-electron chi connectivity index (χ1n) is 9.18. The minimum Gasteiger partial charge on any atom is -0.413 e. The number of aliphatic hydroxyl groups excluding tert-OH is 1. The molecule has 0 bridgehead atoms. The predicted octanol–water partition coefficient (Wildman–Crippen LogP) is 2.69. The molecule has 1 aliphatic carbocycles. The van der Waals surface area contributed by atoms with Gasteiger partial charge in [-0.05, 0) is 37.9 Å². The summed E-state index contributed by atoms with van der Waals surface area (Å²) in [5.74, 6) is -0.0656. The molecule has 0 radical (unpaired) electrons. The fourth-order valence-electron chi connectivity index (χ4n) is 3.83. The Bertz CT molecular complexity index is 462. The number of hydrogen-bond donors (Lipinski definition) is 2. The Morgan fingerprint density at radius 2 is 1.92 bits per heavy atom. The van der Waals surface area contributed by atoms with Gasteiger partial charge in [0.15, 0.2) is 8.32 Å². The van der Waals surface area contributed by atoms with Gasteiger partial charge in [-0.25, -0.2) is 0 Å². The highest BCUT2D eigenvalue weighted by atomic mass is 28.4. The van der Waals surface area contributed by atoms with Crippen molar-refractivity contribution in [1.82, 2.24) is 5.32 Å². The van der Waals surface area contributed by atoms with Crippen LogP contribution in [0.25, 0.3) is 0 Å². The summed E-state index contributed by atoms with van der Waals surface area (Å²) in [6, 6.07) is -0.00906. The topological polar surface area (TPSA) is 67.8 Å². The molecule has 1 unspecified atom stereocenters. The van der Waals surface area contributed by atoms with Gasteiger partial charge in [0.2, 0.25) is 5.91 Å². The van der Waals surface area contributed by atoms with Crippen LogP contribution in [-0.4, -0.2) is 50.8 Å². The lowest BCUT2D eigenvalue weighted by molar-refractivity contribution is -0.149. The quantitative estimate of drug-likeness (QED) is 0.586. The Balaban J connectivity index is 2.07. The first-order chi connectivity index (χ1) is 11.0. The van der Waals surface area contributed by atoms with Crippen LogP contribution in [0.5, 0.6) is 0 Å². The molecule has 0 aromatic rings. The molecule has 2 rings (SSSR count). The Kier molecular flexibility index (Phi) is 5.85. The summed E-state index contributed by atoms with van der Waals surface area (Å²) in [5.41, 5.74) is 0. The summed E-state index contributed by atoms with van der Waals surface area (Å²) in [7, 11) is -0.277. The lowest BCUT2D eigenvalue weighted by atomic mass is 9.70. The summed E-state index contributed by atoms with van der Waals surface area (Å²) in [4.78, 5) is 12.2. The van der Waals surface area contributed by atoms with E-state index in [0.29, 0.717) is 0 Å².